The lowest BCUT2D eigenvalue weighted by Crippen LogP contribution is -2.26. The van der Waals surface area contributed by atoms with Gasteiger partial charge in [0.05, 0.1) is 17.5 Å². The van der Waals surface area contributed by atoms with E-state index in [0.29, 0.717) is 13.0 Å². The van der Waals surface area contributed by atoms with Crippen LogP contribution in [-0.4, -0.2) is 32.0 Å². The molecule has 0 saturated heterocycles. The van der Waals surface area contributed by atoms with Gasteiger partial charge < -0.3 is 9.88 Å². The van der Waals surface area contributed by atoms with Crippen LogP contribution in [-0.2, 0) is 13.5 Å². The molecule has 1 N–H and O–H groups in total. The predicted molar refractivity (Wildman–Crippen MR) is 94.1 cm³/mol. The summed E-state index contributed by atoms with van der Waals surface area (Å²) in [6.07, 6.45) is 5.68. The van der Waals surface area contributed by atoms with Gasteiger partial charge in [0.15, 0.2) is 0 Å². The number of rotatable bonds is 5. The van der Waals surface area contributed by atoms with Crippen LogP contribution in [0.3, 0.4) is 0 Å². The molecule has 0 atom stereocenters. The van der Waals surface area contributed by atoms with E-state index in [1.54, 1.807) is 18.6 Å². The van der Waals surface area contributed by atoms with Crippen molar-refractivity contribution >= 4 is 17.2 Å². The molecule has 0 spiro atoms. The zero-order chi connectivity index (χ0) is 17.1. The van der Waals surface area contributed by atoms with Gasteiger partial charge in [-0.2, -0.15) is 0 Å². The van der Waals surface area contributed by atoms with Gasteiger partial charge in [-0.1, -0.05) is 0 Å². The van der Waals surface area contributed by atoms with Crippen molar-refractivity contribution in [2.24, 2.45) is 7.05 Å². The number of carbonyl (C=O) groups is 1. The Kier molecular flexibility index (Phi) is 4.71. The number of carbonyl (C=O) groups excluding carboxylic acids is 1. The number of aromatic nitrogens is 4. The molecule has 0 radical (unpaired) electrons. The average molecular weight is 341 g/mol. The van der Waals surface area contributed by atoms with Crippen LogP contribution in [0, 0.1) is 13.8 Å². The maximum Gasteiger partial charge on any atom is 0.253 e. The molecule has 1 amide bonds. The molecular weight excluding hydrogens is 322 g/mol. The Hall–Kier alpha value is -2.54. The summed E-state index contributed by atoms with van der Waals surface area (Å²) >= 11 is 1.54. The van der Waals surface area contributed by atoms with E-state index < -0.39 is 0 Å². The van der Waals surface area contributed by atoms with Crippen molar-refractivity contribution in [3.8, 4) is 10.7 Å². The van der Waals surface area contributed by atoms with E-state index in [1.807, 2.05) is 36.9 Å². The Morgan fingerprint density at radius 2 is 2.17 bits per heavy atom. The van der Waals surface area contributed by atoms with Gasteiger partial charge in [0.2, 0.25) is 0 Å². The molecule has 24 heavy (non-hydrogen) atoms. The molecule has 0 aromatic carbocycles. The minimum atomic E-state index is -0.0411. The van der Waals surface area contributed by atoms with Crippen LogP contribution in [0.1, 0.15) is 27.4 Å². The number of thiazole rings is 1. The fraction of sp³-hybridized carbons (Fsp3) is 0.294. The second kappa shape index (κ2) is 6.92. The Balaban J connectivity index is 1.58. The Morgan fingerprint density at radius 3 is 2.83 bits per heavy atom. The third kappa shape index (κ3) is 3.35. The lowest BCUT2D eigenvalue weighted by molar-refractivity contribution is 0.0953. The number of amides is 1. The highest BCUT2D eigenvalue weighted by Gasteiger charge is 2.13. The van der Waals surface area contributed by atoms with Crippen LogP contribution in [0.25, 0.3) is 10.7 Å². The largest absolute Gasteiger partial charge is 0.352 e. The first-order valence-electron chi connectivity index (χ1n) is 7.68. The van der Waals surface area contributed by atoms with Crippen LogP contribution >= 0.6 is 11.3 Å². The highest BCUT2D eigenvalue weighted by Crippen LogP contribution is 2.20. The Bertz CT molecular complexity index is 853. The third-order valence-electron chi connectivity index (χ3n) is 4.02. The molecule has 0 aliphatic rings. The van der Waals surface area contributed by atoms with Crippen LogP contribution in [0.4, 0.5) is 0 Å². The zero-order valence-electron chi connectivity index (χ0n) is 13.9. The van der Waals surface area contributed by atoms with Crippen LogP contribution in [0.5, 0.6) is 0 Å². The molecule has 3 heterocycles. The summed E-state index contributed by atoms with van der Waals surface area (Å²) in [5, 5.41) is 5.80. The van der Waals surface area contributed by atoms with Gasteiger partial charge in [0, 0.05) is 49.2 Å². The summed E-state index contributed by atoms with van der Waals surface area (Å²) in [6, 6.07) is 1.92. The second-order valence-electron chi connectivity index (χ2n) is 5.58. The monoisotopic (exact) mass is 341 g/mol. The molecule has 3 rings (SSSR count). The van der Waals surface area contributed by atoms with Gasteiger partial charge in [-0.05, 0) is 19.9 Å². The first-order valence-corrected chi connectivity index (χ1v) is 8.56. The summed E-state index contributed by atoms with van der Waals surface area (Å²) in [6.45, 7) is 4.50. The third-order valence-corrected chi connectivity index (χ3v) is 4.93. The van der Waals surface area contributed by atoms with Gasteiger partial charge in [0.25, 0.3) is 5.91 Å². The predicted octanol–water partition coefficient (Wildman–Crippen LogP) is 2.53. The van der Waals surface area contributed by atoms with Crippen LogP contribution < -0.4 is 5.32 Å². The molecule has 0 aliphatic carbocycles. The summed E-state index contributed by atoms with van der Waals surface area (Å²) in [5.74, 6) is -0.0411. The fourth-order valence-electron chi connectivity index (χ4n) is 2.43. The molecule has 0 unspecified atom stereocenters. The van der Waals surface area contributed by atoms with Crippen molar-refractivity contribution in [1.29, 1.82) is 0 Å². The lowest BCUT2D eigenvalue weighted by Gasteiger charge is -2.04. The quantitative estimate of drug-likeness (QED) is 0.774. The molecule has 3 aromatic heterocycles. The van der Waals surface area contributed by atoms with Crippen molar-refractivity contribution in [3.63, 3.8) is 0 Å². The first-order chi connectivity index (χ1) is 11.6. The maximum absolute atomic E-state index is 12.3. The maximum atomic E-state index is 12.3. The fourth-order valence-corrected chi connectivity index (χ4v) is 3.25. The SMILES string of the molecule is Cc1cc(C(=O)NCCc2csc(-c3cnccn3)n2)c(C)n1C. The lowest BCUT2D eigenvalue weighted by atomic mass is 10.2. The summed E-state index contributed by atoms with van der Waals surface area (Å²) < 4.78 is 2.02. The van der Waals surface area contributed by atoms with Gasteiger partial charge >= 0.3 is 0 Å². The molecule has 0 saturated carbocycles. The first kappa shape index (κ1) is 16.3. The van der Waals surface area contributed by atoms with E-state index in [9.17, 15) is 4.79 Å². The number of nitrogens with one attached hydrogen (secondary N) is 1. The van der Waals surface area contributed by atoms with Gasteiger partial charge in [-0.25, -0.2) is 4.98 Å². The molecular formula is C17H19N5OS. The van der Waals surface area contributed by atoms with Gasteiger partial charge in [0.1, 0.15) is 10.7 Å². The number of nitrogens with zero attached hydrogens (tertiary/aromatic N) is 4. The van der Waals surface area contributed by atoms with Crippen LogP contribution in [0.2, 0.25) is 0 Å². The molecule has 0 bridgehead atoms. The summed E-state index contributed by atoms with van der Waals surface area (Å²) in [7, 11) is 1.96. The number of hydrogen-bond donors (Lipinski definition) is 1. The molecule has 3 aromatic rings. The van der Waals surface area contributed by atoms with E-state index in [-0.39, 0.29) is 5.91 Å². The molecule has 0 aliphatic heterocycles. The summed E-state index contributed by atoms with van der Waals surface area (Å²) in [5.41, 5.74) is 4.50. The highest BCUT2D eigenvalue weighted by atomic mass is 32.1. The average Bonchev–Trinajstić information content (AvgIpc) is 3.16. The number of aryl methyl sites for hydroxylation is 1. The zero-order valence-corrected chi connectivity index (χ0v) is 14.7. The number of hydrogen-bond acceptors (Lipinski definition) is 5. The Labute approximate surface area is 144 Å². The highest BCUT2D eigenvalue weighted by molar-refractivity contribution is 7.13. The van der Waals surface area contributed by atoms with Crippen molar-refractivity contribution in [2.75, 3.05) is 6.54 Å². The second-order valence-corrected chi connectivity index (χ2v) is 6.44. The summed E-state index contributed by atoms with van der Waals surface area (Å²) in [4.78, 5) is 25.1. The van der Waals surface area contributed by atoms with E-state index in [2.05, 4.69) is 20.3 Å². The Morgan fingerprint density at radius 1 is 1.33 bits per heavy atom. The normalized spacial score (nSPS) is 10.8. The molecule has 6 nitrogen and oxygen atoms in total. The van der Waals surface area contributed by atoms with E-state index >= 15 is 0 Å². The van der Waals surface area contributed by atoms with Crippen molar-refractivity contribution < 1.29 is 4.79 Å². The smallest absolute Gasteiger partial charge is 0.253 e. The van der Waals surface area contributed by atoms with Crippen LogP contribution in [0.15, 0.2) is 30.0 Å². The minimum absolute atomic E-state index is 0.0411. The van der Waals surface area contributed by atoms with E-state index in [4.69, 9.17) is 0 Å². The van der Waals surface area contributed by atoms with Crippen molar-refractivity contribution in [1.82, 2.24) is 24.8 Å². The van der Waals surface area contributed by atoms with E-state index in [0.717, 1.165) is 33.3 Å². The van der Waals surface area contributed by atoms with Gasteiger partial charge in [-0.3, -0.25) is 14.8 Å². The molecule has 0 fully saturated rings. The molecule has 124 valence electrons. The van der Waals surface area contributed by atoms with Crippen molar-refractivity contribution in [2.45, 2.75) is 20.3 Å². The standard InChI is InChI=1S/C17H19N5OS/c1-11-8-14(12(2)22(11)3)16(23)20-5-4-13-10-24-17(21-13)15-9-18-6-7-19-15/h6-10H,4-5H2,1-3H3,(H,20,23). The van der Waals surface area contributed by atoms with E-state index in [1.165, 1.54) is 11.3 Å². The van der Waals surface area contributed by atoms with Crippen molar-refractivity contribution in [3.05, 3.63) is 52.7 Å². The molecule has 7 heteroatoms. The topological polar surface area (TPSA) is 72.7 Å². The van der Waals surface area contributed by atoms with Gasteiger partial charge in [-0.15, -0.1) is 11.3 Å². The minimum Gasteiger partial charge on any atom is -0.352 e.